The lowest BCUT2D eigenvalue weighted by Crippen LogP contribution is -2.48. The zero-order chi connectivity index (χ0) is 23.4. The molecule has 3 heterocycles. The highest BCUT2D eigenvalue weighted by atomic mass is 32.2. The van der Waals surface area contributed by atoms with Crippen molar-refractivity contribution in [2.24, 2.45) is 5.92 Å². The van der Waals surface area contributed by atoms with E-state index in [1.54, 1.807) is 6.92 Å². The molecule has 9 heteroatoms. The number of sulfonamides is 1. The van der Waals surface area contributed by atoms with Gasteiger partial charge in [0.2, 0.25) is 15.9 Å². The number of hydrogen-bond donors (Lipinski definition) is 0. The Morgan fingerprint density at radius 1 is 0.939 bits per heavy atom. The SMILES string of the molecule is CCOC(=O)c1ccc(S(=O)(=O)N2CCC(C(=O)N3CCCC3CN3CCCC3)CC2)cc1. The summed E-state index contributed by atoms with van der Waals surface area (Å²) in [5.74, 6) is -0.375. The van der Waals surface area contributed by atoms with Crippen LogP contribution in [0.5, 0.6) is 0 Å². The number of hydrogen-bond acceptors (Lipinski definition) is 6. The Labute approximate surface area is 196 Å². The molecular formula is C24H35N3O5S. The number of nitrogens with zero attached hydrogens (tertiary/aromatic N) is 3. The van der Waals surface area contributed by atoms with E-state index in [2.05, 4.69) is 9.80 Å². The highest BCUT2D eigenvalue weighted by Gasteiger charge is 2.37. The fourth-order valence-electron chi connectivity index (χ4n) is 5.28. The van der Waals surface area contributed by atoms with Crippen molar-refractivity contribution in [3.8, 4) is 0 Å². The molecule has 8 nitrogen and oxygen atoms in total. The van der Waals surface area contributed by atoms with Crippen LogP contribution in [-0.2, 0) is 19.6 Å². The van der Waals surface area contributed by atoms with Crippen molar-refractivity contribution in [2.75, 3.05) is 45.9 Å². The Hall–Kier alpha value is -1.97. The minimum atomic E-state index is -3.66. The van der Waals surface area contributed by atoms with Gasteiger partial charge in [0.25, 0.3) is 0 Å². The first-order valence-electron chi connectivity index (χ1n) is 12.2. The summed E-state index contributed by atoms with van der Waals surface area (Å²) in [6.07, 6.45) is 5.71. The van der Waals surface area contributed by atoms with Crippen LogP contribution in [0.3, 0.4) is 0 Å². The number of ether oxygens (including phenoxy) is 1. The molecule has 0 saturated carbocycles. The van der Waals surface area contributed by atoms with E-state index in [1.165, 1.54) is 41.4 Å². The Balaban J connectivity index is 1.33. The van der Waals surface area contributed by atoms with Gasteiger partial charge in [0.05, 0.1) is 17.1 Å². The number of rotatable bonds is 7. The summed E-state index contributed by atoms with van der Waals surface area (Å²) in [5, 5.41) is 0. The van der Waals surface area contributed by atoms with Gasteiger partial charge in [-0.2, -0.15) is 4.31 Å². The topological polar surface area (TPSA) is 87.2 Å². The number of esters is 1. The third-order valence-corrected chi connectivity index (χ3v) is 9.05. The molecule has 0 radical (unpaired) electrons. The molecule has 1 unspecified atom stereocenters. The van der Waals surface area contributed by atoms with E-state index in [9.17, 15) is 18.0 Å². The molecule has 0 spiro atoms. The number of carbonyl (C=O) groups excluding carboxylic acids is 2. The molecule has 0 bridgehead atoms. The zero-order valence-corrected chi connectivity index (χ0v) is 20.3. The first-order valence-corrected chi connectivity index (χ1v) is 13.6. The second-order valence-corrected chi connectivity index (χ2v) is 11.2. The maximum absolute atomic E-state index is 13.3. The predicted octanol–water partition coefficient (Wildman–Crippen LogP) is 2.35. The second-order valence-electron chi connectivity index (χ2n) is 9.26. The molecule has 3 saturated heterocycles. The lowest BCUT2D eigenvalue weighted by Gasteiger charge is -2.35. The van der Waals surface area contributed by atoms with Gasteiger partial charge in [0, 0.05) is 38.1 Å². The van der Waals surface area contributed by atoms with Crippen molar-refractivity contribution in [1.82, 2.24) is 14.1 Å². The molecule has 4 rings (SSSR count). The maximum atomic E-state index is 13.3. The van der Waals surface area contributed by atoms with E-state index in [0.717, 1.165) is 39.0 Å². The molecule has 0 N–H and O–H groups in total. The van der Waals surface area contributed by atoms with Gasteiger partial charge in [-0.05, 0) is 82.8 Å². The fraction of sp³-hybridized carbons (Fsp3) is 0.667. The molecule has 182 valence electrons. The largest absolute Gasteiger partial charge is 0.462 e. The Morgan fingerprint density at radius 2 is 1.61 bits per heavy atom. The average molecular weight is 478 g/mol. The van der Waals surface area contributed by atoms with Gasteiger partial charge in [-0.25, -0.2) is 13.2 Å². The van der Waals surface area contributed by atoms with Crippen molar-refractivity contribution in [3.63, 3.8) is 0 Å². The van der Waals surface area contributed by atoms with Gasteiger partial charge in [-0.15, -0.1) is 0 Å². The van der Waals surface area contributed by atoms with Crippen LogP contribution in [0.1, 0.15) is 55.8 Å². The fourth-order valence-corrected chi connectivity index (χ4v) is 6.75. The third-order valence-electron chi connectivity index (χ3n) is 7.13. The van der Waals surface area contributed by atoms with Crippen molar-refractivity contribution >= 4 is 21.9 Å². The summed E-state index contributed by atoms with van der Waals surface area (Å²) in [7, 11) is -3.66. The van der Waals surface area contributed by atoms with Crippen molar-refractivity contribution < 1.29 is 22.7 Å². The van der Waals surface area contributed by atoms with Crippen LogP contribution in [0.25, 0.3) is 0 Å². The van der Waals surface area contributed by atoms with Crippen molar-refractivity contribution in [2.45, 2.75) is 56.4 Å². The van der Waals surface area contributed by atoms with E-state index in [0.29, 0.717) is 37.5 Å². The molecule has 33 heavy (non-hydrogen) atoms. The summed E-state index contributed by atoms with van der Waals surface area (Å²) in [6, 6.07) is 6.16. The standard InChI is InChI=1S/C24H35N3O5S/c1-2-32-24(29)20-7-9-22(10-8-20)33(30,31)26-16-11-19(12-17-26)23(28)27-15-5-6-21(27)18-25-13-3-4-14-25/h7-10,19,21H,2-6,11-18H2,1H3. The van der Waals surface area contributed by atoms with Crippen molar-refractivity contribution in [3.05, 3.63) is 29.8 Å². The Kier molecular flexibility index (Phi) is 7.71. The normalized spacial score (nSPS) is 23.2. The highest BCUT2D eigenvalue weighted by molar-refractivity contribution is 7.89. The van der Waals surface area contributed by atoms with Gasteiger partial charge in [-0.3, -0.25) is 4.79 Å². The molecule has 3 aliphatic heterocycles. The van der Waals surface area contributed by atoms with Crippen LogP contribution < -0.4 is 0 Å². The van der Waals surface area contributed by atoms with Crippen LogP contribution in [-0.4, -0.2) is 86.3 Å². The molecule has 3 aliphatic rings. The highest BCUT2D eigenvalue weighted by Crippen LogP contribution is 2.29. The van der Waals surface area contributed by atoms with E-state index in [1.807, 2.05) is 0 Å². The summed E-state index contributed by atoms with van der Waals surface area (Å²) >= 11 is 0. The van der Waals surface area contributed by atoms with Crippen molar-refractivity contribution in [1.29, 1.82) is 0 Å². The first-order chi connectivity index (χ1) is 15.9. The van der Waals surface area contributed by atoms with E-state index in [4.69, 9.17) is 4.74 Å². The van der Waals surface area contributed by atoms with Gasteiger partial charge in [0.15, 0.2) is 0 Å². The van der Waals surface area contributed by atoms with Crippen LogP contribution in [0.2, 0.25) is 0 Å². The van der Waals surface area contributed by atoms with E-state index in [-0.39, 0.29) is 23.3 Å². The molecule has 1 amide bonds. The average Bonchev–Trinajstić information content (AvgIpc) is 3.51. The number of benzene rings is 1. The molecule has 0 aromatic heterocycles. The van der Waals surface area contributed by atoms with Crippen LogP contribution in [0.4, 0.5) is 0 Å². The molecule has 1 atom stereocenters. The first kappa shape index (κ1) is 24.2. The lowest BCUT2D eigenvalue weighted by molar-refractivity contribution is -0.137. The molecule has 0 aliphatic carbocycles. The summed E-state index contributed by atoms with van der Waals surface area (Å²) in [4.78, 5) is 29.8. The lowest BCUT2D eigenvalue weighted by atomic mass is 9.96. The van der Waals surface area contributed by atoms with Crippen LogP contribution >= 0.6 is 0 Å². The van der Waals surface area contributed by atoms with Crippen LogP contribution in [0, 0.1) is 5.92 Å². The van der Waals surface area contributed by atoms with Gasteiger partial charge in [-0.1, -0.05) is 0 Å². The van der Waals surface area contributed by atoms with Gasteiger partial charge < -0.3 is 14.5 Å². The molecule has 3 fully saturated rings. The summed E-state index contributed by atoms with van der Waals surface area (Å²) in [5.41, 5.74) is 0.328. The second kappa shape index (κ2) is 10.5. The summed E-state index contributed by atoms with van der Waals surface area (Å²) in [6.45, 7) is 6.73. The number of amides is 1. The number of carbonyl (C=O) groups is 2. The Bertz CT molecular complexity index is 935. The monoisotopic (exact) mass is 477 g/mol. The minimum Gasteiger partial charge on any atom is -0.462 e. The smallest absolute Gasteiger partial charge is 0.338 e. The quantitative estimate of drug-likeness (QED) is 0.561. The third kappa shape index (κ3) is 5.41. The zero-order valence-electron chi connectivity index (χ0n) is 19.4. The maximum Gasteiger partial charge on any atom is 0.338 e. The van der Waals surface area contributed by atoms with Gasteiger partial charge in [0.1, 0.15) is 0 Å². The van der Waals surface area contributed by atoms with Crippen LogP contribution in [0.15, 0.2) is 29.2 Å². The van der Waals surface area contributed by atoms with E-state index >= 15 is 0 Å². The molecule has 1 aromatic carbocycles. The molecule has 1 aromatic rings. The number of likely N-dealkylation sites (tertiary alicyclic amines) is 2. The number of piperidine rings is 1. The molecular weight excluding hydrogens is 442 g/mol. The summed E-state index contributed by atoms with van der Waals surface area (Å²) < 4.78 is 32.6. The van der Waals surface area contributed by atoms with E-state index < -0.39 is 16.0 Å². The minimum absolute atomic E-state index is 0.109. The van der Waals surface area contributed by atoms with Gasteiger partial charge >= 0.3 is 5.97 Å². The predicted molar refractivity (Wildman–Crippen MR) is 124 cm³/mol. The Morgan fingerprint density at radius 3 is 2.24 bits per heavy atom.